The molecule has 0 aliphatic rings. The third-order valence-electron chi connectivity index (χ3n) is 3.47. The van der Waals surface area contributed by atoms with Crippen LogP contribution < -0.4 is 16.8 Å². The van der Waals surface area contributed by atoms with Gasteiger partial charge in [0, 0.05) is 11.3 Å². The summed E-state index contributed by atoms with van der Waals surface area (Å²) in [5.41, 5.74) is 11.1. The van der Waals surface area contributed by atoms with Crippen molar-refractivity contribution < 1.29 is 18.4 Å². The summed E-state index contributed by atoms with van der Waals surface area (Å²) in [5.74, 6) is -3.53. The van der Waals surface area contributed by atoms with Crippen LogP contribution in [0.15, 0.2) is 42.5 Å². The van der Waals surface area contributed by atoms with E-state index in [0.717, 1.165) is 23.5 Å². The second kappa shape index (κ2) is 7.92. The summed E-state index contributed by atoms with van der Waals surface area (Å²) in [5, 5.41) is 3.16. The molecule has 0 aliphatic carbocycles. The zero-order chi connectivity index (χ0) is 18.8. The molecular weight excluding hydrogens is 374 g/mol. The molecule has 27 heavy (non-hydrogen) atoms. The highest BCUT2D eigenvalue weighted by molar-refractivity contribution is 7.18. The van der Waals surface area contributed by atoms with Crippen LogP contribution in [0.5, 0.6) is 0 Å². The summed E-state index contributed by atoms with van der Waals surface area (Å²) < 4.78 is 27.6. The van der Waals surface area contributed by atoms with Crippen molar-refractivity contribution in [2.45, 2.75) is 7.43 Å². The van der Waals surface area contributed by atoms with Gasteiger partial charge in [0.05, 0.1) is 5.56 Å². The van der Waals surface area contributed by atoms with Crippen molar-refractivity contribution in [2.75, 3.05) is 11.1 Å². The first-order valence-corrected chi connectivity index (χ1v) is 8.10. The molecule has 0 saturated carbocycles. The topological polar surface area (TPSA) is 111 Å². The zero-order valence-corrected chi connectivity index (χ0v) is 13.9. The number of hydrogen-bond donors (Lipinski definition) is 3. The Morgan fingerprint density at radius 3 is 2.19 bits per heavy atom. The number of benzene rings is 2. The van der Waals surface area contributed by atoms with Gasteiger partial charge in [-0.15, -0.1) is 0 Å². The lowest BCUT2D eigenvalue weighted by Gasteiger charge is -2.03. The van der Waals surface area contributed by atoms with Gasteiger partial charge in [-0.2, -0.15) is 0 Å². The summed E-state index contributed by atoms with van der Waals surface area (Å²) in [7, 11) is 0. The van der Waals surface area contributed by atoms with Crippen LogP contribution in [0.2, 0.25) is 0 Å². The van der Waals surface area contributed by atoms with Gasteiger partial charge in [0.1, 0.15) is 22.3 Å². The second-order valence-electron chi connectivity index (χ2n) is 5.23. The second-order valence-corrected chi connectivity index (χ2v) is 6.22. The van der Waals surface area contributed by atoms with E-state index in [2.05, 4.69) is 10.3 Å². The zero-order valence-electron chi connectivity index (χ0n) is 13.1. The van der Waals surface area contributed by atoms with E-state index in [1.165, 1.54) is 18.2 Å². The molecule has 1 heterocycles. The lowest BCUT2D eigenvalue weighted by atomic mass is 10.1. The van der Waals surface area contributed by atoms with E-state index in [4.69, 9.17) is 11.5 Å². The molecule has 0 atom stereocenters. The Morgan fingerprint density at radius 1 is 1.04 bits per heavy atom. The highest BCUT2D eigenvalue weighted by atomic mass is 32.1. The quantitative estimate of drug-likeness (QED) is 0.575. The van der Waals surface area contributed by atoms with Gasteiger partial charge in [-0.3, -0.25) is 9.59 Å². The fourth-order valence-electron chi connectivity index (χ4n) is 2.22. The lowest BCUT2D eigenvalue weighted by Crippen LogP contribution is -2.10. The fraction of sp³-hybridized carbons (Fsp3) is 0.0556. The van der Waals surface area contributed by atoms with Crippen molar-refractivity contribution >= 4 is 39.7 Å². The molecule has 5 N–H and O–H groups in total. The molecular formula is C18H16F2N4O2S. The van der Waals surface area contributed by atoms with Crippen LogP contribution in [0.25, 0.3) is 0 Å². The van der Waals surface area contributed by atoms with E-state index in [1.54, 1.807) is 12.1 Å². The number of nitrogens with two attached hydrogens (primary N) is 2. The molecule has 1 amide bonds. The van der Waals surface area contributed by atoms with Crippen LogP contribution in [0, 0.1) is 11.6 Å². The van der Waals surface area contributed by atoms with Crippen molar-refractivity contribution in [1.29, 1.82) is 0 Å². The average molecular weight is 390 g/mol. The Bertz CT molecular complexity index is 983. The molecule has 0 fully saturated rings. The Labute approximate surface area is 157 Å². The number of nitrogen functional groups attached to an aromatic ring is 1. The number of carbonyl (C=O) groups is 2. The number of rotatable bonds is 5. The molecule has 6 nitrogen and oxygen atoms in total. The maximum atomic E-state index is 13.8. The minimum atomic E-state index is -0.973. The highest BCUT2D eigenvalue weighted by Gasteiger charge is 2.24. The maximum absolute atomic E-state index is 13.8. The maximum Gasteiger partial charge on any atom is 0.248 e. The summed E-state index contributed by atoms with van der Waals surface area (Å²) in [4.78, 5) is 27.4. The fourth-order valence-corrected chi connectivity index (χ4v) is 3.07. The Hall–Kier alpha value is -3.33. The Morgan fingerprint density at radius 2 is 1.63 bits per heavy atom. The van der Waals surface area contributed by atoms with Crippen molar-refractivity contribution in [3.8, 4) is 0 Å². The minimum absolute atomic E-state index is 0. The highest BCUT2D eigenvalue weighted by Crippen LogP contribution is 2.31. The molecule has 0 saturated heterocycles. The first kappa shape index (κ1) is 20.0. The van der Waals surface area contributed by atoms with Gasteiger partial charge < -0.3 is 16.8 Å². The van der Waals surface area contributed by atoms with Gasteiger partial charge in [0.2, 0.25) is 11.7 Å². The largest absolute Gasteiger partial charge is 0.382 e. The first-order valence-electron chi connectivity index (χ1n) is 7.28. The van der Waals surface area contributed by atoms with E-state index >= 15 is 0 Å². The van der Waals surface area contributed by atoms with Crippen LogP contribution >= 0.6 is 11.3 Å². The van der Waals surface area contributed by atoms with E-state index in [1.807, 2.05) is 0 Å². The van der Waals surface area contributed by atoms with Crippen LogP contribution in [0.1, 0.15) is 33.0 Å². The van der Waals surface area contributed by atoms with Crippen LogP contribution in [-0.4, -0.2) is 16.7 Å². The molecule has 0 radical (unpaired) electrons. The molecule has 0 unspecified atom stereocenters. The predicted molar refractivity (Wildman–Crippen MR) is 101 cm³/mol. The van der Waals surface area contributed by atoms with Crippen molar-refractivity contribution in [2.24, 2.45) is 5.73 Å². The summed E-state index contributed by atoms with van der Waals surface area (Å²) in [6.45, 7) is 0. The predicted octanol–water partition coefficient (Wildman–Crippen LogP) is 3.71. The van der Waals surface area contributed by atoms with E-state index in [-0.39, 0.29) is 23.3 Å². The number of nitrogens with zero attached hydrogens (tertiary/aromatic N) is 1. The van der Waals surface area contributed by atoms with Crippen LogP contribution in [0.4, 0.5) is 25.4 Å². The molecule has 9 heteroatoms. The summed E-state index contributed by atoms with van der Waals surface area (Å²) >= 11 is 0.863. The standard InChI is InChI=1S/C17H12F2N4O2S.CH4/c18-10-2-1-3-11(19)12(10)13(24)14-15(20)23-17(26-14)22-9-6-4-8(5-7-9)16(21)25;/h1-7H,20H2,(H2,21,25)(H,22,23);1H4. The molecule has 0 aliphatic heterocycles. The van der Waals surface area contributed by atoms with Crippen molar-refractivity contribution in [3.63, 3.8) is 0 Å². The van der Waals surface area contributed by atoms with Crippen molar-refractivity contribution in [3.05, 3.63) is 70.1 Å². The molecule has 2 aromatic carbocycles. The summed E-state index contributed by atoms with van der Waals surface area (Å²) in [6.07, 6.45) is 0. The SMILES string of the molecule is C.NC(=O)c1ccc(Nc2nc(N)c(C(=O)c3c(F)cccc3F)s2)cc1. The molecule has 1 aromatic heterocycles. The van der Waals surface area contributed by atoms with Crippen LogP contribution in [0.3, 0.4) is 0 Å². The number of thiazole rings is 1. The lowest BCUT2D eigenvalue weighted by molar-refractivity contribution is 0.0998. The van der Waals surface area contributed by atoms with Crippen LogP contribution in [-0.2, 0) is 0 Å². The Balaban J connectivity index is 0.00000261. The molecule has 0 bridgehead atoms. The number of amides is 1. The normalized spacial score (nSPS) is 10.1. The average Bonchev–Trinajstić information content (AvgIpc) is 2.95. The molecule has 3 aromatic rings. The molecule has 0 spiro atoms. The number of nitrogens with one attached hydrogen (secondary N) is 1. The first-order chi connectivity index (χ1) is 12.4. The van der Waals surface area contributed by atoms with Crippen molar-refractivity contribution in [1.82, 2.24) is 4.98 Å². The number of ketones is 1. The summed E-state index contributed by atoms with van der Waals surface area (Å²) in [6, 6.07) is 9.37. The number of anilines is 3. The van der Waals surface area contributed by atoms with Gasteiger partial charge in [-0.25, -0.2) is 13.8 Å². The number of primary amides is 1. The van der Waals surface area contributed by atoms with E-state index in [9.17, 15) is 18.4 Å². The van der Waals surface area contributed by atoms with Gasteiger partial charge in [0.15, 0.2) is 5.13 Å². The van der Waals surface area contributed by atoms with Gasteiger partial charge in [-0.05, 0) is 36.4 Å². The van der Waals surface area contributed by atoms with Gasteiger partial charge >= 0.3 is 0 Å². The smallest absolute Gasteiger partial charge is 0.248 e. The third kappa shape index (κ3) is 4.09. The number of carbonyl (C=O) groups excluding carboxylic acids is 2. The number of aromatic nitrogens is 1. The monoisotopic (exact) mass is 390 g/mol. The van der Waals surface area contributed by atoms with Gasteiger partial charge in [0.25, 0.3) is 0 Å². The van der Waals surface area contributed by atoms with E-state index < -0.39 is 28.9 Å². The third-order valence-corrected chi connectivity index (χ3v) is 4.46. The number of hydrogen-bond acceptors (Lipinski definition) is 6. The molecule has 3 rings (SSSR count). The number of halogens is 2. The molecule has 140 valence electrons. The van der Waals surface area contributed by atoms with Gasteiger partial charge in [-0.1, -0.05) is 24.8 Å². The van der Waals surface area contributed by atoms with E-state index in [0.29, 0.717) is 11.3 Å². The Kier molecular flexibility index (Phi) is 5.86. The minimum Gasteiger partial charge on any atom is -0.382 e.